The minimum absolute atomic E-state index is 0.190. The molecular formula is C24H27NO7. The Morgan fingerprint density at radius 2 is 1.62 bits per heavy atom. The van der Waals surface area contributed by atoms with E-state index < -0.39 is 29.3 Å². The molecule has 1 N–H and O–H groups in total. The highest BCUT2D eigenvalue weighted by atomic mass is 16.6. The number of hydrogen-bond acceptors (Lipinski definition) is 7. The van der Waals surface area contributed by atoms with Gasteiger partial charge < -0.3 is 23.9 Å². The molecule has 3 aromatic rings. The van der Waals surface area contributed by atoms with Crippen molar-refractivity contribution in [3.63, 3.8) is 0 Å². The Morgan fingerprint density at radius 1 is 0.969 bits per heavy atom. The highest BCUT2D eigenvalue weighted by Gasteiger charge is 2.28. The van der Waals surface area contributed by atoms with E-state index in [-0.39, 0.29) is 17.3 Å². The quantitative estimate of drug-likeness (QED) is 0.271. The lowest BCUT2D eigenvalue weighted by atomic mass is 10.0. The fourth-order valence-corrected chi connectivity index (χ4v) is 3.19. The summed E-state index contributed by atoms with van der Waals surface area (Å²) in [4.78, 5) is 37.3. The van der Waals surface area contributed by atoms with Gasteiger partial charge in [-0.05, 0) is 57.0 Å². The fraction of sp³-hybridized carbons (Fsp3) is 0.375. The first-order valence-electron chi connectivity index (χ1n) is 10.2. The van der Waals surface area contributed by atoms with E-state index in [1.54, 1.807) is 65.0 Å². The van der Waals surface area contributed by atoms with E-state index in [2.05, 4.69) is 5.32 Å². The average molecular weight is 441 g/mol. The van der Waals surface area contributed by atoms with Crippen molar-refractivity contribution in [1.29, 1.82) is 0 Å². The van der Waals surface area contributed by atoms with Crippen molar-refractivity contribution in [2.75, 3.05) is 7.11 Å². The summed E-state index contributed by atoms with van der Waals surface area (Å²) in [6.07, 6.45) is -0.709. The maximum Gasteiger partial charge on any atom is 0.408 e. The number of amides is 1. The van der Waals surface area contributed by atoms with Crippen LogP contribution in [-0.4, -0.2) is 30.8 Å². The number of nitrogens with one attached hydrogen (secondary N) is 1. The molecule has 3 rings (SSSR count). The van der Waals surface area contributed by atoms with Crippen molar-refractivity contribution in [3.05, 3.63) is 46.8 Å². The molecule has 1 heterocycles. The van der Waals surface area contributed by atoms with Crippen LogP contribution < -0.4 is 20.4 Å². The lowest BCUT2D eigenvalue weighted by Crippen LogP contribution is -2.48. The number of fused-ring (bicyclic) bond motifs is 3. The zero-order valence-corrected chi connectivity index (χ0v) is 19.0. The molecule has 1 amide bonds. The first-order valence-corrected chi connectivity index (χ1v) is 10.2. The lowest BCUT2D eigenvalue weighted by Gasteiger charge is -2.24. The molecule has 0 unspecified atom stereocenters. The number of ether oxygens (including phenoxy) is 3. The summed E-state index contributed by atoms with van der Waals surface area (Å²) < 4.78 is 21.3. The van der Waals surface area contributed by atoms with Gasteiger partial charge in [-0.15, -0.1) is 0 Å². The number of carbonyl (C=O) groups is 2. The predicted molar refractivity (Wildman–Crippen MR) is 120 cm³/mol. The minimum atomic E-state index is -0.920. The topological polar surface area (TPSA) is 104 Å². The van der Waals surface area contributed by atoms with Crippen molar-refractivity contribution in [1.82, 2.24) is 5.32 Å². The van der Waals surface area contributed by atoms with E-state index in [1.165, 1.54) is 13.2 Å². The zero-order valence-electron chi connectivity index (χ0n) is 19.0. The molecule has 0 saturated carbocycles. The molecule has 0 aliphatic carbocycles. The van der Waals surface area contributed by atoms with E-state index in [4.69, 9.17) is 18.6 Å². The third-order valence-electron chi connectivity index (χ3n) is 4.70. The van der Waals surface area contributed by atoms with Crippen LogP contribution in [0.1, 0.15) is 34.6 Å². The van der Waals surface area contributed by atoms with Gasteiger partial charge >= 0.3 is 17.7 Å². The average Bonchev–Trinajstić information content (AvgIpc) is 2.70. The molecule has 1 aromatic heterocycles. The molecule has 0 fully saturated rings. The third-order valence-corrected chi connectivity index (χ3v) is 4.70. The minimum Gasteiger partial charge on any atom is -0.497 e. The van der Waals surface area contributed by atoms with E-state index in [9.17, 15) is 14.4 Å². The number of benzene rings is 2. The number of esters is 1. The second-order valence-corrected chi connectivity index (χ2v) is 8.75. The van der Waals surface area contributed by atoms with Gasteiger partial charge in [0.1, 0.15) is 28.7 Å². The number of alkyl carbamates (subject to hydrolysis) is 1. The Morgan fingerprint density at radius 3 is 2.25 bits per heavy atom. The van der Waals surface area contributed by atoms with Crippen molar-refractivity contribution in [3.8, 4) is 11.5 Å². The van der Waals surface area contributed by atoms with Crippen molar-refractivity contribution in [2.45, 2.75) is 46.3 Å². The first-order chi connectivity index (χ1) is 15.0. The van der Waals surface area contributed by atoms with Gasteiger partial charge in [-0.2, -0.15) is 0 Å². The first kappa shape index (κ1) is 23.1. The van der Waals surface area contributed by atoms with E-state index in [0.29, 0.717) is 21.9 Å². The number of carbonyl (C=O) groups excluding carboxylic acids is 2. The summed E-state index contributed by atoms with van der Waals surface area (Å²) in [7, 11) is 1.52. The van der Waals surface area contributed by atoms with Gasteiger partial charge in [0.15, 0.2) is 0 Å². The molecule has 0 radical (unpaired) electrons. The van der Waals surface area contributed by atoms with Gasteiger partial charge in [-0.25, -0.2) is 14.4 Å². The molecule has 1 atom stereocenters. The summed E-state index contributed by atoms with van der Waals surface area (Å²) in [5, 5.41) is 4.33. The molecule has 8 nitrogen and oxygen atoms in total. The fourth-order valence-electron chi connectivity index (χ4n) is 3.19. The molecule has 0 aliphatic heterocycles. The predicted octanol–water partition coefficient (Wildman–Crippen LogP) is 4.41. The molecule has 0 aliphatic rings. The third kappa shape index (κ3) is 5.19. The Kier molecular flexibility index (Phi) is 6.43. The van der Waals surface area contributed by atoms with Crippen molar-refractivity contribution >= 4 is 33.8 Å². The van der Waals surface area contributed by atoms with Gasteiger partial charge in [-0.3, -0.25) is 0 Å². The monoisotopic (exact) mass is 441 g/mol. The van der Waals surface area contributed by atoms with Crippen LogP contribution >= 0.6 is 0 Å². The molecule has 2 aromatic carbocycles. The summed E-state index contributed by atoms with van der Waals surface area (Å²) in [6.45, 7) is 8.76. The standard InChI is InChI=1S/C24H27NO7/c1-13(2)20(25-23(28)32-24(3,4)5)22(27)30-15-8-10-17-16-9-7-14(29-6)11-18(16)21(26)31-19(17)12-15/h7-13,20H,1-6H3,(H,25,28)/t20-/m1/s1. The van der Waals surface area contributed by atoms with Gasteiger partial charge in [0.2, 0.25) is 0 Å². The molecule has 8 heteroatoms. The van der Waals surface area contributed by atoms with E-state index in [0.717, 1.165) is 0 Å². The summed E-state index contributed by atoms with van der Waals surface area (Å²) in [6, 6.07) is 9.02. The second kappa shape index (κ2) is 8.90. The Balaban J connectivity index is 1.87. The molecule has 170 valence electrons. The van der Waals surface area contributed by atoms with E-state index in [1.807, 2.05) is 0 Å². The molecule has 32 heavy (non-hydrogen) atoms. The summed E-state index contributed by atoms with van der Waals surface area (Å²) in [5.74, 6) is -0.160. The normalized spacial score (nSPS) is 12.6. The van der Waals surface area contributed by atoms with Crippen molar-refractivity contribution in [2.24, 2.45) is 5.92 Å². The van der Waals surface area contributed by atoms with Gasteiger partial charge in [-0.1, -0.05) is 13.8 Å². The van der Waals surface area contributed by atoms with Gasteiger partial charge in [0, 0.05) is 16.8 Å². The van der Waals surface area contributed by atoms with Crippen LogP contribution in [-0.2, 0) is 9.53 Å². The molecule has 0 spiro atoms. The highest BCUT2D eigenvalue weighted by molar-refractivity contribution is 6.05. The SMILES string of the molecule is COc1ccc2c(c1)c(=O)oc1cc(OC(=O)[C@H](NC(=O)OC(C)(C)C)C(C)C)ccc12. The second-order valence-electron chi connectivity index (χ2n) is 8.75. The van der Waals surface area contributed by atoms with Crippen LogP contribution in [0, 0.1) is 5.92 Å². The zero-order chi connectivity index (χ0) is 23.6. The Hall–Kier alpha value is -3.55. The van der Waals surface area contributed by atoms with Crippen LogP contribution in [0.5, 0.6) is 11.5 Å². The van der Waals surface area contributed by atoms with Crippen LogP contribution in [0.2, 0.25) is 0 Å². The van der Waals surface area contributed by atoms with E-state index >= 15 is 0 Å². The Labute approximate surface area is 185 Å². The van der Waals surface area contributed by atoms with Crippen LogP contribution in [0.4, 0.5) is 4.79 Å². The van der Waals surface area contributed by atoms with Crippen LogP contribution in [0.15, 0.2) is 45.6 Å². The van der Waals surface area contributed by atoms with Crippen LogP contribution in [0.3, 0.4) is 0 Å². The maximum absolute atomic E-state index is 12.7. The molecule has 0 saturated heterocycles. The Bertz CT molecular complexity index is 1220. The van der Waals surface area contributed by atoms with Gasteiger partial charge in [0.05, 0.1) is 12.5 Å². The smallest absolute Gasteiger partial charge is 0.408 e. The molecular weight excluding hydrogens is 414 g/mol. The van der Waals surface area contributed by atoms with Crippen LogP contribution in [0.25, 0.3) is 21.7 Å². The maximum atomic E-state index is 12.7. The highest BCUT2D eigenvalue weighted by Crippen LogP contribution is 2.28. The van der Waals surface area contributed by atoms with Gasteiger partial charge in [0.25, 0.3) is 0 Å². The number of methoxy groups -OCH3 is 1. The molecule has 0 bridgehead atoms. The lowest BCUT2D eigenvalue weighted by molar-refractivity contribution is -0.137. The van der Waals surface area contributed by atoms with Crippen molar-refractivity contribution < 1.29 is 28.2 Å². The largest absolute Gasteiger partial charge is 0.497 e. The number of rotatable bonds is 5. The summed E-state index contributed by atoms with van der Waals surface area (Å²) >= 11 is 0. The summed E-state index contributed by atoms with van der Waals surface area (Å²) in [5.41, 5.74) is -0.946. The number of hydrogen-bond donors (Lipinski definition) is 1.